The van der Waals surface area contributed by atoms with Gasteiger partial charge in [0.25, 0.3) is 5.91 Å². The van der Waals surface area contributed by atoms with Crippen LogP contribution in [0.2, 0.25) is 0 Å². The van der Waals surface area contributed by atoms with Gasteiger partial charge in [0.1, 0.15) is 11.5 Å². The zero-order valence-corrected chi connectivity index (χ0v) is 14.2. The summed E-state index contributed by atoms with van der Waals surface area (Å²) in [5.41, 5.74) is 1.58. The maximum Gasteiger partial charge on any atom is 0.270 e. The van der Waals surface area contributed by atoms with E-state index in [9.17, 15) is 4.79 Å². The highest BCUT2D eigenvalue weighted by molar-refractivity contribution is 5.92. The van der Waals surface area contributed by atoms with Gasteiger partial charge >= 0.3 is 0 Å². The summed E-state index contributed by atoms with van der Waals surface area (Å²) in [6.45, 7) is 4.04. The molecule has 4 heteroatoms. The van der Waals surface area contributed by atoms with Crippen LogP contribution < -0.4 is 10.2 Å². The molecule has 1 amide bonds. The molecular weight excluding hydrogens is 298 g/mol. The molecule has 2 aromatic rings. The molecule has 1 N–H and O–H groups in total. The van der Waals surface area contributed by atoms with E-state index in [4.69, 9.17) is 0 Å². The Balaban J connectivity index is 1.70. The smallest absolute Gasteiger partial charge is 0.270 e. The number of nitrogens with one attached hydrogen (secondary N) is 1. The van der Waals surface area contributed by atoms with Crippen LogP contribution in [0.1, 0.15) is 54.7 Å². The van der Waals surface area contributed by atoms with Crippen molar-refractivity contribution in [3.63, 3.8) is 0 Å². The minimum atomic E-state index is -0.122. The van der Waals surface area contributed by atoms with Gasteiger partial charge in [0.2, 0.25) is 0 Å². The van der Waals surface area contributed by atoms with Gasteiger partial charge in [-0.15, -0.1) is 0 Å². The first-order chi connectivity index (χ1) is 11.7. The van der Waals surface area contributed by atoms with Gasteiger partial charge in [-0.2, -0.15) is 0 Å². The van der Waals surface area contributed by atoms with Crippen molar-refractivity contribution >= 4 is 11.7 Å². The molecule has 1 aliphatic heterocycles. The first-order valence-electron chi connectivity index (χ1n) is 8.82. The highest BCUT2D eigenvalue weighted by Crippen LogP contribution is 2.18. The van der Waals surface area contributed by atoms with Crippen LogP contribution in [-0.2, 0) is 0 Å². The Kier molecular flexibility index (Phi) is 5.47. The molecule has 1 fully saturated rings. The number of pyridine rings is 1. The summed E-state index contributed by atoms with van der Waals surface area (Å²) < 4.78 is 0. The van der Waals surface area contributed by atoms with Crippen molar-refractivity contribution in [2.75, 3.05) is 18.0 Å². The van der Waals surface area contributed by atoms with Crippen LogP contribution in [0, 0.1) is 0 Å². The monoisotopic (exact) mass is 323 g/mol. The Morgan fingerprint density at radius 3 is 2.42 bits per heavy atom. The van der Waals surface area contributed by atoms with Crippen LogP contribution >= 0.6 is 0 Å². The quantitative estimate of drug-likeness (QED) is 0.926. The second-order valence-corrected chi connectivity index (χ2v) is 6.39. The lowest BCUT2D eigenvalue weighted by atomic mass is 10.1. The Bertz CT molecular complexity index is 664. The first kappa shape index (κ1) is 16.5. The van der Waals surface area contributed by atoms with E-state index in [1.807, 2.05) is 49.4 Å². The maximum absolute atomic E-state index is 12.5. The number of carbonyl (C=O) groups excluding carboxylic acids is 1. The molecule has 126 valence electrons. The zero-order chi connectivity index (χ0) is 16.8. The lowest BCUT2D eigenvalue weighted by molar-refractivity contribution is 0.0935. The molecule has 0 saturated carbocycles. The van der Waals surface area contributed by atoms with Crippen LogP contribution in [0.3, 0.4) is 0 Å². The average Bonchev–Trinajstić information content (AvgIpc) is 2.92. The van der Waals surface area contributed by atoms with Crippen molar-refractivity contribution in [3.8, 4) is 0 Å². The lowest BCUT2D eigenvalue weighted by Gasteiger charge is -2.22. The molecule has 24 heavy (non-hydrogen) atoms. The van der Waals surface area contributed by atoms with E-state index in [1.165, 1.54) is 25.7 Å². The third kappa shape index (κ3) is 4.13. The highest BCUT2D eigenvalue weighted by atomic mass is 16.1. The van der Waals surface area contributed by atoms with Gasteiger partial charge in [0.05, 0.1) is 6.04 Å². The minimum Gasteiger partial charge on any atom is -0.357 e. The highest BCUT2D eigenvalue weighted by Gasteiger charge is 2.15. The number of anilines is 1. The number of benzene rings is 1. The van der Waals surface area contributed by atoms with Gasteiger partial charge in [-0.1, -0.05) is 49.2 Å². The number of amides is 1. The molecule has 0 bridgehead atoms. The summed E-state index contributed by atoms with van der Waals surface area (Å²) in [5, 5.41) is 3.03. The standard InChI is InChI=1S/C20H25N3O/c1-16(17-10-5-4-6-11-17)21-20(24)18-12-9-13-19(22-18)23-14-7-2-3-8-15-23/h4-6,9-13,16H,2-3,7-8,14-15H2,1H3,(H,21,24). The van der Waals surface area contributed by atoms with E-state index in [0.29, 0.717) is 5.69 Å². The van der Waals surface area contributed by atoms with Crippen LogP contribution in [0.25, 0.3) is 0 Å². The third-order valence-corrected chi connectivity index (χ3v) is 4.54. The topological polar surface area (TPSA) is 45.2 Å². The molecule has 2 heterocycles. The molecule has 1 aromatic carbocycles. The fourth-order valence-corrected chi connectivity index (χ4v) is 3.12. The first-order valence-corrected chi connectivity index (χ1v) is 8.82. The molecule has 0 spiro atoms. The predicted octanol–water partition coefficient (Wildman–Crippen LogP) is 3.95. The van der Waals surface area contributed by atoms with Gasteiger partial charge in [-0.05, 0) is 37.5 Å². The molecule has 1 atom stereocenters. The van der Waals surface area contributed by atoms with E-state index >= 15 is 0 Å². The Morgan fingerprint density at radius 1 is 1.00 bits per heavy atom. The van der Waals surface area contributed by atoms with Crippen LogP contribution in [0.15, 0.2) is 48.5 Å². The minimum absolute atomic E-state index is 0.0395. The fourth-order valence-electron chi connectivity index (χ4n) is 3.12. The molecule has 1 unspecified atom stereocenters. The summed E-state index contributed by atoms with van der Waals surface area (Å²) >= 11 is 0. The molecule has 3 rings (SSSR count). The summed E-state index contributed by atoms with van der Waals surface area (Å²) in [5.74, 6) is 0.792. The van der Waals surface area contributed by atoms with Gasteiger partial charge in [0, 0.05) is 13.1 Å². The Morgan fingerprint density at radius 2 is 1.71 bits per heavy atom. The SMILES string of the molecule is CC(NC(=O)c1cccc(N2CCCCCC2)n1)c1ccccc1. The van der Waals surface area contributed by atoms with E-state index in [0.717, 1.165) is 24.5 Å². The van der Waals surface area contributed by atoms with Crippen LogP contribution in [0.5, 0.6) is 0 Å². The summed E-state index contributed by atoms with van der Waals surface area (Å²) in [6, 6.07) is 15.7. The summed E-state index contributed by atoms with van der Waals surface area (Å²) in [7, 11) is 0. The second-order valence-electron chi connectivity index (χ2n) is 6.39. The Labute approximate surface area is 143 Å². The third-order valence-electron chi connectivity index (χ3n) is 4.54. The molecule has 1 aliphatic rings. The van der Waals surface area contributed by atoms with Crippen LogP contribution in [-0.4, -0.2) is 24.0 Å². The molecule has 1 saturated heterocycles. The lowest BCUT2D eigenvalue weighted by Crippen LogP contribution is -2.29. The van der Waals surface area contributed by atoms with Crippen molar-refractivity contribution in [3.05, 3.63) is 59.8 Å². The normalized spacial score (nSPS) is 16.3. The van der Waals surface area contributed by atoms with Gasteiger partial charge in [-0.3, -0.25) is 4.79 Å². The number of aromatic nitrogens is 1. The van der Waals surface area contributed by atoms with Crippen molar-refractivity contribution < 1.29 is 4.79 Å². The van der Waals surface area contributed by atoms with E-state index in [-0.39, 0.29) is 11.9 Å². The summed E-state index contributed by atoms with van der Waals surface area (Å²) in [6.07, 6.45) is 4.96. The largest absolute Gasteiger partial charge is 0.357 e. The van der Waals surface area contributed by atoms with Gasteiger partial charge in [0.15, 0.2) is 0 Å². The Hall–Kier alpha value is -2.36. The number of rotatable bonds is 4. The van der Waals surface area contributed by atoms with Crippen molar-refractivity contribution in [2.24, 2.45) is 0 Å². The fraction of sp³-hybridized carbons (Fsp3) is 0.400. The maximum atomic E-state index is 12.5. The molecule has 0 radical (unpaired) electrons. The van der Waals surface area contributed by atoms with E-state index in [2.05, 4.69) is 15.2 Å². The van der Waals surface area contributed by atoms with Crippen molar-refractivity contribution in [2.45, 2.75) is 38.6 Å². The molecule has 0 aliphatic carbocycles. The predicted molar refractivity (Wildman–Crippen MR) is 97.2 cm³/mol. The van der Waals surface area contributed by atoms with Crippen molar-refractivity contribution in [1.29, 1.82) is 0 Å². The van der Waals surface area contributed by atoms with Gasteiger partial charge in [-0.25, -0.2) is 4.98 Å². The summed E-state index contributed by atoms with van der Waals surface area (Å²) in [4.78, 5) is 19.4. The zero-order valence-electron chi connectivity index (χ0n) is 14.2. The van der Waals surface area contributed by atoms with Crippen LogP contribution in [0.4, 0.5) is 5.82 Å². The molecule has 1 aromatic heterocycles. The van der Waals surface area contributed by atoms with Crippen molar-refractivity contribution in [1.82, 2.24) is 10.3 Å². The number of hydrogen-bond donors (Lipinski definition) is 1. The second kappa shape index (κ2) is 7.95. The number of hydrogen-bond acceptors (Lipinski definition) is 3. The van der Waals surface area contributed by atoms with E-state index in [1.54, 1.807) is 6.07 Å². The average molecular weight is 323 g/mol. The molecule has 4 nitrogen and oxygen atoms in total. The van der Waals surface area contributed by atoms with Gasteiger partial charge < -0.3 is 10.2 Å². The molecular formula is C20H25N3O. The number of carbonyl (C=O) groups is 1. The van der Waals surface area contributed by atoms with E-state index < -0.39 is 0 Å². The number of nitrogens with zero attached hydrogens (tertiary/aromatic N) is 2.